The molecule has 5 nitrogen and oxygen atoms in total. The van der Waals surface area contributed by atoms with Crippen molar-refractivity contribution in [3.8, 4) is 0 Å². The topological polar surface area (TPSA) is 45.6 Å². The highest BCUT2D eigenvalue weighted by molar-refractivity contribution is 5.85. The number of nitrogens with zero attached hydrogens (tertiary/aromatic N) is 3. The second-order valence-corrected chi connectivity index (χ2v) is 7.60. The average Bonchev–Trinajstić information content (AvgIpc) is 3.39. The van der Waals surface area contributed by atoms with Crippen molar-refractivity contribution in [1.82, 2.24) is 14.4 Å². The van der Waals surface area contributed by atoms with E-state index in [1.807, 2.05) is 31.1 Å². The van der Waals surface area contributed by atoms with Gasteiger partial charge in [0.1, 0.15) is 6.54 Å². The lowest BCUT2D eigenvalue weighted by molar-refractivity contribution is -0.143. The van der Waals surface area contributed by atoms with E-state index in [4.69, 9.17) is 0 Å². The molecule has 1 aliphatic rings. The summed E-state index contributed by atoms with van der Waals surface area (Å²) in [6.07, 6.45) is 8.64. The Bertz CT molecular complexity index is 592. The smallest absolute Gasteiger partial charge is 0.242 e. The molecule has 146 valence electrons. The summed E-state index contributed by atoms with van der Waals surface area (Å²) >= 11 is 0. The summed E-state index contributed by atoms with van der Waals surface area (Å²) in [6.45, 7) is 7.09. The number of hydrogen-bond donors (Lipinski definition) is 0. The van der Waals surface area contributed by atoms with Crippen LogP contribution in [0.1, 0.15) is 71.4 Å². The maximum atomic E-state index is 13.1. The molecule has 1 aromatic heterocycles. The van der Waals surface area contributed by atoms with E-state index in [-0.39, 0.29) is 24.4 Å². The van der Waals surface area contributed by atoms with Gasteiger partial charge in [-0.1, -0.05) is 26.7 Å². The van der Waals surface area contributed by atoms with E-state index in [9.17, 15) is 9.59 Å². The summed E-state index contributed by atoms with van der Waals surface area (Å²) in [5, 5.41) is 0. The number of aromatic nitrogens is 1. The highest BCUT2D eigenvalue weighted by atomic mass is 16.2. The maximum absolute atomic E-state index is 13.1. The minimum absolute atomic E-state index is 0.0813. The van der Waals surface area contributed by atoms with E-state index in [0.29, 0.717) is 19.0 Å². The van der Waals surface area contributed by atoms with Gasteiger partial charge in [0.05, 0.1) is 6.54 Å². The van der Waals surface area contributed by atoms with Crippen LogP contribution in [0.4, 0.5) is 0 Å². The fraction of sp³-hybridized carbons (Fsp3) is 0.714. The highest BCUT2D eigenvalue weighted by Gasteiger charge is 2.34. The summed E-state index contributed by atoms with van der Waals surface area (Å²) in [5.74, 6) is 0.202. The SMILES string of the molecule is CCCCCC(=O)N(CC(=O)N(Cc1cccn1C)C1CC1)C(C)CC. The molecule has 5 heteroatoms. The number of aryl methyl sites for hydroxylation is 1. The van der Waals surface area contributed by atoms with Crippen LogP contribution < -0.4 is 0 Å². The van der Waals surface area contributed by atoms with Crippen molar-refractivity contribution in [2.45, 2.75) is 84.3 Å². The van der Waals surface area contributed by atoms with Gasteiger partial charge in [-0.05, 0) is 44.7 Å². The molecule has 2 amide bonds. The minimum atomic E-state index is 0.0813. The lowest BCUT2D eigenvalue weighted by Gasteiger charge is -2.31. The predicted octanol–water partition coefficient (Wildman–Crippen LogP) is 3.72. The number of carbonyl (C=O) groups is 2. The van der Waals surface area contributed by atoms with Crippen molar-refractivity contribution in [3.63, 3.8) is 0 Å². The zero-order chi connectivity index (χ0) is 19.1. The summed E-state index contributed by atoms with van der Waals surface area (Å²) in [5.41, 5.74) is 1.13. The molecule has 2 rings (SSSR count). The van der Waals surface area contributed by atoms with Crippen LogP contribution in [-0.2, 0) is 23.2 Å². The number of hydrogen-bond acceptors (Lipinski definition) is 2. The van der Waals surface area contributed by atoms with Crippen LogP contribution in [0.2, 0.25) is 0 Å². The third-order valence-electron chi connectivity index (χ3n) is 5.43. The fourth-order valence-electron chi connectivity index (χ4n) is 3.26. The van der Waals surface area contributed by atoms with Crippen molar-refractivity contribution >= 4 is 11.8 Å². The van der Waals surface area contributed by atoms with Gasteiger partial charge in [0, 0.05) is 37.4 Å². The first-order valence-corrected chi connectivity index (χ1v) is 10.2. The van der Waals surface area contributed by atoms with Crippen LogP contribution in [0, 0.1) is 0 Å². The molecule has 0 aromatic carbocycles. The summed E-state index contributed by atoms with van der Waals surface area (Å²) in [7, 11) is 2.01. The van der Waals surface area contributed by atoms with Crippen molar-refractivity contribution in [2.24, 2.45) is 7.05 Å². The van der Waals surface area contributed by atoms with E-state index in [0.717, 1.165) is 44.2 Å². The molecule has 1 unspecified atom stereocenters. The van der Waals surface area contributed by atoms with Crippen LogP contribution in [0.25, 0.3) is 0 Å². The minimum Gasteiger partial charge on any atom is -0.353 e. The van der Waals surface area contributed by atoms with Gasteiger partial charge in [-0.25, -0.2) is 0 Å². The maximum Gasteiger partial charge on any atom is 0.242 e. The molecule has 0 spiro atoms. The number of unbranched alkanes of at least 4 members (excludes halogenated alkanes) is 2. The van der Waals surface area contributed by atoms with E-state index < -0.39 is 0 Å². The van der Waals surface area contributed by atoms with Crippen LogP contribution in [-0.4, -0.2) is 44.8 Å². The van der Waals surface area contributed by atoms with Gasteiger partial charge < -0.3 is 14.4 Å². The van der Waals surface area contributed by atoms with E-state index in [1.54, 1.807) is 4.90 Å². The van der Waals surface area contributed by atoms with Gasteiger partial charge in [-0.2, -0.15) is 0 Å². The molecule has 0 saturated heterocycles. The van der Waals surface area contributed by atoms with Crippen molar-refractivity contribution in [1.29, 1.82) is 0 Å². The Hall–Kier alpha value is -1.78. The van der Waals surface area contributed by atoms with Gasteiger partial charge in [0.25, 0.3) is 0 Å². The first-order chi connectivity index (χ1) is 12.5. The molecule has 1 aromatic rings. The van der Waals surface area contributed by atoms with Gasteiger partial charge >= 0.3 is 0 Å². The summed E-state index contributed by atoms with van der Waals surface area (Å²) in [6, 6.07) is 4.51. The molecule has 0 bridgehead atoms. The molecular weight excluding hydrogens is 326 g/mol. The number of rotatable bonds is 11. The zero-order valence-corrected chi connectivity index (χ0v) is 16.9. The zero-order valence-electron chi connectivity index (χ0n) is 16.9. The van der Waals surface area contributed by atoms with E-state index in [1.165, 1.54) is 0 Å². The molecule has 0 aliphatic heterocycles. The Morgan fingerprint density at radius 3 is 2.50 bits per heavy atom. The Morgan fingerprint density at radius 1 is 1.23 bits per heavy atom. The molecular formula is C21H35N3O2. The quantitative estimate of drug-likeness (QED) is 0.564. The normalized spacial score (nSPS) is 14.9. The van der Waals surface area contributed by atoms with Crippen molar-refractivity contribution < 1.29 is 9.59 Å². The summed E-state index contributed by atoms with van der Waals surface area (Å²) < 4.78 is 2.06. The molecule has 0 N–H and O–H groups in total. The van der Waals surface area contributed by atoms with E-state index >= 15 is 0 Å². The van der Waals surface area contributed by atoms with Gasteiger partial charge in [-0.3, -0.25) is 9.59 Å². The van der Waals surface area contributed by atoms with Crippen LogP contribution in [0.15, 0.2) is 18.3 Å². The van der Waals surface area contributed by atoms with Crippen LogP contribution in [0.5, 0.6) is 0 Å². The number of carbonyl (C=O) groups excluding carboxylic acids is 2. The van der Waals surface area contributed by atoms with Gasteiger partial charge in [0.2, 0.25) is 11.8 Å². The first-order valence-electron chi connectivity index (χ1n) is 10.2. The largest absolute Gasteiger partial charge is 0.353 e. The third kappa shape index (κ3) is 5.61. The Morgan fingerprint density at radius 2 is 1.96 bits per heavy atom. The highest BCUT2D eigenvalue weighted by Crippen LogP contribution is 2.29. The lowest BCUT2D eigenvalue weighted by atomic mass is 10.1. The lowest BCUT2D eigenvalue weighted by Crippen LogP contribution is -2.47. The molecule has 0 radical (unpaired) electrons. The average molecular weight is 362 g/mol. The van der Waals surface area contributed by atoms with Crippen molar-refractivity contribution in [2.75, 3.05) is 6.54 Å². The van der Waals surface area contributed by atoms with Crippen molar-refractivity contribution in [3.05, 3.63) is 24.0 Å². The molecule has 1 fully saturated rings. The van der Waals surface area contributed by atoms with Gasteiger partial charge in [-0.15, -0.1) is 0 Å². The van der Waals surface area contributed by atoms with Gasteiger partial charge in [0.15, 0.2) is 0 Å². The molecule has 26 heavy (non-hydrogen) atoms. The Kier molecular flexibility index (Phi) is 7.73. The summed E-state index contributed by atoms with van der Waals surface area (Å²) in [4.78, 5) is 29.5. The molecule has 1 heterocycles. The second kappa shape index (κ2) is 9.79. The molecule has 1 aliphatic carbocycles. The molecule has 1 saturated carbocycles. The predicted molar refractivity (Wildman–Crippen MR) is 105 cm³/mol. The Labute approximate surface area is 158 Å². The monoisotopic (exact) mass is 361 g/mol. The Balaban J connectivity index is 2.03. The first kappa shape index (κ1) is 20.5. The van der Waals surface area contributed by atoms with Crippen LogP contribution in [0.3, 0.4) is 0 Å². The second-order valence-electron chi connectivity index (χ2n) is 7.60. The number of amides is 2. The fourth-order valence-corrected chi connectivity index (χ4v) is 3.26. The third-order valence-corrected chi connectivity index (χ3v) is 5.43. The van der Waals surface area contributed by atoms with Crippen LogP contribution >= 0.6 is 0 Å². The van der Waals surface area contributed by atoms with E-state index in [2.05, 4.69) is 24.5 Å². The standard InChI is InChI=1S/C21H35N3O2/c1-5-7-8-11-20(25)23(17(3)6-2)16-21(26)24(18-12-13-18)15-19-10-9-14-22(19)4/h9-10,14,17-18H,5-8,11-13,15-16H2,1-4H3. The molecule has 1 atom stereocenters.